The lowest BCUT2D eigenvalue weighted by atomic mass is 9.97. The molecule has 6 heteroatoms. The van der Waals surface area contributed by atoms with Crippen molar-refractivity contribution in [2.24, 2.45) is 0 Å². The molecule has 2 aliphatic heterocycles. The van der Waals surface area contributed by atoms with Gasteiger partial charge in [0.25, 0.3) is 0 Å². The second kappa shape index (κ2) is 5.02. The summed E-state index contributed by atoms with van der Waals surface area (Å²) in [5, 5.41) is 10.5. The Labute approximate surface area is 119 Å². The van der Waals surface area contributed by atoms with Crippen LogP contribution in [0.15, 0.2) is 24.3 Å². The van der Waals surface area contributed by atoms with E-state index >= 15 is 0 Å². The number of benzene rings is 1. The lowest BCUT2D eigenvalue weighted by molar-refractivity contribution is 0.00106. The summed E-state index contributed by atoms with van der Waals surface area (Å²) in [6.07, 6.45) is -0.0165. The lowest BCUT2D eigenvalue weighted by Crippen LogP contribution is -2.49. The molecule has 0 spiro atoms. The van der Waals surface area contributed by atoms with E-state index in [0.717, 1.165) is 5.56 Å². The molecule has 1 fully saturated rings. The molecule has 3 rings (SSSR count). The molecule has 1 aromatic carbocycles. The highest BCUT2D eigenvalue weighted by atomic mass is 32.2. The third-order valence-corrected chi connectivity index (χ3v) is 6.07. The van der Waals surface area contributed by atoms with Crippen LogP contribution in [0.1, 0.15) is 18.1 Å². The number of para-hydroxylation sites is 1. The van der Waals surface area contributed by atoms with Crippen molar-refractivity contribution in [3.05, 3.63) is 29.8 Å². The van der Waals surface area contributed by atoms with E-state index < -0.39 is 15.9 Å². The summed E-state index contributed by atoms with van der Waals surface area (Å²) in [5.41, 5.74) is 0.774. The summed E-state index contributed by atoms with van der Waals surface area (Å²) in [6.45, 7) is 0.380. The molecule has 0 bridgehead atoms. The molecule has 3 atom stereocenters. The van der Waals surface area contributed by atoms with Crippen molar-refractivity contribution < 1.29 is 18.3 Å². The first-order chi connectivity index (χ1) is 9.48. The summed E-state index contributed by atoms with van der Waals surface area (Å²) in [5.74, 6) is 1.13. The van der Waals surface area contributed by atoms with Crippen molar-refractivity contribution in [2.45, 2.75) is 24.6 Å². The predicted molar refractivity (Wildman–Crippen MR) is 75.5 cm³/mol. The van der Waals surface area contributed by atoms with Crippen LogP contribution in [0.3, 0.4) is 0 Å². The Morgan fingerprint density at radius 1 is 1.35 bits per heavy atom. The van der Waals surface area contributed by atoms with E-state index in [9.17, 15) is 13.5 Å². The molecule has 20 heavy (non-hydrogen) atoms. The van der Waals surface area contributed by atoms with E-state index in [-0.39, 0.29) is 23.6 Å². The van der Waals surface area contributed by atoms with Gasteiger partial charge in [0.15, 0.2) is 9.84 Å². The molecule has 0 radical (unpaired) electrons. The van der Waals surface area contributed by atoms with E-state index in [1.54, 1.807) is 0 Å². The predicted octanol–water partition coefficient (Wildman–Crippen LogP) is 0.600. The number of rotatable bonds is 2. The fourth-order valence-electron chi connectivity index (χ4n) is 3.04. The molecule has 2 aliphatic rings. The molecule has 0 saturated carbocycles. The lowest BCUT2D eigenvalue weighted by Gasteiger charge is -2.38. The molecule has 1 N–H and O–H groups in total. The first-order valence-corrected chi connectivity index (χ1v) is 8.62. The number of aliphatic hydroxyl groups is 1. The summed E-state index contributed by atoms with van der Waals surface area (Å²) >= 11 is 0. The third kappa shape index (κ3) is 2.43. The topological polar surface area (TPSA) is 66.8 Å². The summed E-state index contributed by atoms with van der Waals surface area (Å²) in [6, 6.07) is 7.20. The van der Waals surface area contributed by atoms with E-state index in [1.165, 1.54) is 0 Å². The van der Waals surface area contributed by atoms with E-state index in [4.69, 9.17) is 4.74 Å². The minimum Gasteiger partial charge on any atom is -0.491 e. The third-order valence-electron chi connectivity index (χ3n) is 4.32. The highest BCUT2D eigenvalue weighted by Gasteiger charge is 2.38. The van der Waals surface area contributed by atoms with E-state index in [1.807, 2.05) is 36.2 Å². The molecule has 2 heterocycles. The number of likely N-dealkylation sites (N-methyl/N-ethyl adjacent to an activating group) is 1. The Kier molecular flexibility index (Phi) is 3.48. The van der Waals surface area contributed by atoms with Crippen LogP contribution in [0.5, 0.6) is 5.75 Å². The second-order valence-electron chi connectivity index (χ2n) is 5.58. The maximum atomic E-state index is 11.6. The van der Waals surface area contributed by atoms with Crippen LogP contribution in [-0.4, -0.2) is 55.7 Å². The molecule has 110 valence electrons. The normalized spacial score (nSPS) is 31.9. The maximum Gasteiger partial charge on any atom is 0.151 e. The average Bonchev–Trinajstić information content (AvgIpc) is 2.79. The van der Waals surface area contributed by atoms with Gasteiger partial charge < -0.3 is 9.84 Å². The van der Waals surface area contributed by atoms with Gasteiger partial charge in [-0.05, 0) is 19.5 Å². The highest BCUT2D eigenvalue weighted by Crippen LogP contribution is 2.35. The van der Waals surface area contributed by atoms with E-state index in [0.29, 0.717) is 18.8 Å². The molecule has 0 aliphatic carbocycles. The van der Waals surface area contributed by atoms with Crippen molar-refractivity contribution in [2.75, 3.05) is 25.2 Å². The second-order valence-corrected chi connectivity index (χ2v) is 7.81. The quantitative estimate of drug-likeness (QED) is 0.866. The van der Waals surface area contributed by atoms with Crippen LogP contribution in [-0.2, 0) is 9.84 Å². The zero-order valence-electron chi connectivity index (χ0n) is 11.4. The van der Waals surface area contributed by atoms with Crippen LogP contribution < -0.4 is 4.74 Å². The Hall–Kier alpha value is -1.11. The number of hydrogen-bond acceptors (Lipinski definition) is 5. The number of hydrogen-bond donors (Lipinski definition) is 1. The molecule has 1 aromatic rings. The Bertz CT molecular complexity index is 601. The van der Waals surface area contributed by atoms with Gasteiger partial charge in [-0.25, -0.2) is 8.42 Å². The fraction of sp³-hybridized carbons (Fsp3) is 0.571. The number of sulfone groups is 1. The number of aliphatic hydroxyl groups excluding tert-OH is 1. The Balaban J connectivity index is 1.79. The molecular weight excluding hydrogens is 278 g/mol. The van der Waals surface area contributed by atoms with Gasteiger partial charge in [-0.3, -0.25) is 4.90 Å². The largest absolute Gasteiger partial charge is 0.491 e. The van der Waals surface area contributed by atoms with Crippen molar-refractivity contribution in [3.63, 3.8) is 0 Å². The van der Waals surface area contributed by atoms with Crippen LogP contribution in [0.2, 0.25) is 0 Å². The Morgan fingerprint density at radius 3 is 2.80 bits per heavy atom. The minimum atomic E-state index is -2.92. The first kappa shape index (κ1) is 13.9. The maximum absolute atomic E-state index is 11.6. The molecule has 0 amide bonds. The average molecular weight is 297 g/mol. The zero-order chi connectivity index (χ0) is 14.3. The van der Waals surface area contributed by atoms with E-state index in [2.05, 4.69) is 0 Å². The van der Waals surface area contributed by atoms with Crippen molar-refractivity contribution in [1.29, 1.82) is 0 Å². The summed E-state index contributed by atoms with van der Waals surface area (Å²) in [4.78, 5) is 1.96. The van der Waals surface area contributed by atoms with Gasteiger partial charge in [-0.1, -0.05) is 18.2 Å². The van der Waals surface area contributed by atoms with Crippen LogP contribution >= 0.6 is 0 Å². The number of ether oxygens (including phenoxy) is 1. The summed E-state index contributed by atoms with van der Waals surface area (Å²) < 4.78 is 28.9. The fourth-order valence-corrected chi connectivity index (χ4v) is 4.82. The number of fused-ring (bicyclic) bond motifs is 1. The van der Waals surface area contributed by atoms with Crippen molar-refractivity contribution in [1.82, 2.24) is 4.90 Å². The van der Waals surface area contributed by atoms with Crippen LogP contribution in [0, 0.1) is 0 Å². The van der Waals surface area contributed by atoms with Gasteiger partial charge >= 0.3 is 0 Å². The number of nitrogens with zero attached hydrogens (tertiary/aromatic N) is 1. The van der Waals surface area contributed by atoms with Gasteiger partial charge in [0.1, 0.15) is 18.5 Å². The molecule has 3 unspecified atom stereocenters. The van der Waals surface area contributed by atoms with Gasteiger partial charge in [0.2, 0.25) is 0 Å². The van der Waals surface area contributed by atoms with Crippen LogP contribution in [0.4, 0.5) is 0 Å². The Morgan fingerprint density at radius 2 is 2.10 bits per heavy atom. The first-order valence-electron chi connectivity index (χ1n) is 6.80. The SMILES string of the molecule is CN(C1CCS(=O)(=O)C1)C1COc2ccccc2C1O. The van der Waals surface area contributed by atoms with Gasteiger partial charge in [-0.15, -0.1) is 0 Å². The zero-order valence-corrected chi connectivity index (χ0v) is 12.2. The molecule has 0 aromatic heterocycles. The molecular formula is C14H19NO4S. The van der Waals surface area contributed by atoms with Gasteiger partial charge in [0, 0.05) is 11.6 Å². The monoisotopic (exact) mass is 297 g/mol. The van der Waals surface area contributed by atoms with Crippen LogP contribution in [0.25, 0.3) is 0 Å². The highest BCUT2D eigenvalue weighted by molar-refractivity contribution is 7.91. The molecule has 5 nitrogen and oxygen atoms in total. The standard InChI is InChI=1S/C14H19NO4S/c1-15(10-6-7-20(17,18)9-10)12-8-19-13-5-3-2-4-11(13)14(12)16/h2-5,10,12,14,16H,6-9H2,1H3. The van der Waals surface area contributed by atoms with Gasteiger partial charge in [-0.2, -0.15) is 0 Å². The summed E-state index contributed by atoms with van der Waals surface area (Å²) in [7, 11) is -1.05. The van der Waals surface area contributed by atoms with Crippen molar-refractivity contribution >= 4 is 9.84 Å². The molecule has 1 saturated heterocycles. The minimum absolute atomic E-state index is 0.0338. The smallest absolute Gasteiger partial charge is 0.151 e. The van der Waals surface area contributed by atoms with Gasteiger partial charge in [0.05, 0.1) is 17.5 Å². The van der Waals surface area contributed by atoms with Crippen molar-refractivity contribution in [3.8, 4) is 5.75 Å².